The zero-order valence-corrected chi connectivity index (χ0v) is 4.58. The van der Waals surface area contributed by atoms with Gasteiger partial charge in [0.2, 0.25) is 0 Å². The van der Waals surface area contributed by atoms with Gasteiger partial charge in [0, 0.05) is 17.1 Å². The van der Waals surface area contributed by atoms with Gasteiger partial charge in [-0.2, -0.15) is 0 Å². The van der Waals surface area contributed by atoms with Gasteiger partial charge in [-0.15, -0.1) is 4.20 Å². The van der Waals surface area contributed by atoms with Crippen molar-refractivity contribution in [2.45, 2.75) is 0 Å². The van der Waals surface area contributed by atoms with E-state index in [1.807, 2.05) is 0 Å². The normalized spacial score (nSPS) is 8.43. The van der Waals surface area contributed by atoms with E-state index >= 15 is 0 Å². The van der Waals surface area contributed by atoms with Gasteiger partial charge in [0.15, 0.2) is 0 Å². The van der Waals surface area contributed by atoms with Gasteiger partial charge in [0.05, 0.1) is 0 Å². The minimum absolute atomic E-state index is 0. The van der Waals surface area contributed by atoms with Crippen molar-refractivity contribution in [3.05, 3.63) is 0 Å². The molecule has 0 aromatic rings. The topological polar surface area (TPSA) is 57.5 Å². The fourth-order valence-corrected chi connectivity index (χ4v) is 0. The maximum absolute atomic E-state index is 10.4. The van der Waals surface area contributed by atoms with Gasteiger partial charge < -0.3 is 0 Å². The van der Waals surface area contributed by atoms with E-state index in [4.69, 9.17) is 14.4 Å². The molecule has 0 aromatic heterocycles. The van der Waals surface area contributed by atoms with Crippen molar-refractivity contribution in [2.75, 3.05) is 0 Å². The van der Waals surface area contributed by atoms with Gasteiger partial charge in [0.1, 0.15) is 0 Å². The number of hydrogen-bond donors (Lipinski definition) is 2. The van der Waals surface area contributed by atoms with E-state index in [0.29, 0.717) is 0 Å². The summed E-state index contributed by atoms with van der Waals surface area (Å²) in [6.07, 6.45) is 0. The molecule has 0 spiro atoms. The standard InChI is InChI=1S/FH2O3P.Mn.Na.H/c1-5(2,3)4;;;/h(H2,2,3,4);;;. The zero-order chi connectivity index (χ0) is 4.50. The summed E-state index contributed by atoms with van der Waals surface area (Å²) in [4.78, 5) is 13.9. The second-order valence-electron chi connectivity index (χ2n) is 0.473. The van der Waals surface area contributed by atoms with Gasteiger partial charge in [-0.3, -0.25) is 9.79 Å². The summed E-state index contributed by atoms with van der Waals surface area (Å²) in [6, 6.07) is 0. The van der Waals surface area contributed by atoms with Crippen molar-refractivity contribution >= 4 is 37.5 Å². The summed E-state index contributed by atoms with van der Waals surface area (Å²) < 4.78 is 19.0. The molecule has 7 heteroatoms. The van der Waals surface area contributed by atoms with Crippen molar-refractivity contribution in [1.82, 2.24) is 0 Å². The van der Waals surface area contributed by atoms with Gasteiger partial charge in [-0.05, 0) is 0 Å². The molecule has 0 aliphatic carbocycles. The fraction of sp³-hybridized carbons (Fsp3) is 0. The Kier molecular flexibility index (Phi) is 13.0. The van der Waals surface area contributed by atoms with Crippen LogP contribution in [-0.2, 0) is 21.6 Å². The molecule has 0 saturated carbocycles. The Hall–Kier alpha value is 1.60. The third-order valence-electron chi connectivity index (χ3n) is 0. The van der Waals surface area contributed by atoms with E-state index < -0.39 is 7.91 Å². The van der Waals surface area contributed by atoms with Crippen molar-refractivity contribution in [3.63, 3.8) is 0 Å². The molecular weight excluding hydrogens is 176 g/mol. The first-order valence-corrected chi connectivity index (χ1v) is 2.25. The van der Waals surface area contributed by atoms with Crippen LogP contribution < -0.4 is 0 Å². The summed E-state index contributed by atoms with van der Waals surface area (Å²) in [7, 11) is -5.14. The third kappa shape index (κ3) is 93.1. The van der Waals surface area contributed by atoms with Crippen LogP contribution in [0.25, 0.3) is 0 Å². The fourth-order valence-electron chi connectivity index (χ4n) is 0. The zero-order valence-electron chi connectivity index (χ0n) is 2.51. The second kappa shape index (κ2) is 5.73. The van der Waals surface area contributed by atoms with E-state index in [1.165, 1.54) is 0 Å². The van der Waals surface area contributed by atoms with Gasteiger partial charge >= 0.3 is 37.5 Å². The van der Waals surface area contributed by atoms with Crippen LogP contribution in [0.3, 0.4) is 0 Å². The quantitative estimate of drug-likeness (QED) is 0.385. The molecule has 0 atom stereocenters. The number of hydrogen-bond acceptors (Lipinski definition) is 1. The molecule has 0 bridgehead atoms. The molecule has 0 aromatic carbocycles. The Morgan fingerprint density at radius 2 is 1.43 bits per heavy atom. The first kappa shape index (κ1) is 15.8. The molecule has 7 heavy (non-hydrogen) atoms. The van der Waals surface area contributed by atoms with Crippen LogP contribution in [0.1, 0.15) is 0 Å². The van der Waals surface area contributed by atoms with E-state index in [-0.39, 0.29) is 46.6 Å². The molecule has 41 valence electrons. The van der Waals surface area contributed by atoms with Crippen molar-refractivity contribution in [2.24, 2.45) is 0 Å². The average molecular weight is 179 g/mol. The van der Waals surface area contributed by atoms with E-state index in [9.17, 15) is 4.20 Å². The predicted molar refractivity (Wildman–Crippen MR) is 20.3 cm³/mol. The Labute approximate surface area is 72.7 Å². The second-order valence-corrected chi connectivity index (χ2v) is 1.42. The summed E-state index contributed by atoms with van der Waals surface area (Å²) in [5.41, 5.74) is 0. The van der Waals surface area contributed by atoms with Crippen LogP contribution in [-0.4, -0.2) is 39.3 Å². The van der Waals surface area contributed by atoms with Crippen molar-refractivity contribution in [1.29, 1.82) is 0 Å². The molecule has 0 fully saturated rings. The Morgan fingerprint density at radius 1 is 1.43 bits per heavy atom. The van der Waals surface area contributed by atoms with Crippen LogP contribution in [0.4, 0.5) is 4.20 Å². The van der Waals surface area contributed by atoms with E-state index in [0.717, 1.165) is 0 Å². The summed E-state index contributed by atoms with van der Waals surface area (Å²) in [6.45, 7) is 0. The molecule has 0 heterocycles. The predicted octanol–water partition coefficient (Wildman–Crippen LogP) is -0.602. The Morgan fingerprint density at radius 3 is 1.43 bits per heavy atom. The van der Waals surface area contributed by atoms with Gasteiger partial charge in [-0.1, -0.05) is 0 Å². The molecule has 1 radical (unpaired) electrons. The average Bonchev–Trinajstić information content (AvgIpc) is 0.722. The molecule has 2 N–H and O–H groups in total. The minimum atomic E-state index is -5.14. The molecule has 3 nitrogen and oxygen atoms in total. The molecule has 0 rings (SSSR count). The van der Waals surface area contributed by atoms with Crippen molar-refractivity contribution < 1.29 is 35.6 Å². The molecule has 0 aliphatic rings. The molecule has 0 aliphatic heterocycles. The molecule has 0 amide bonds. The first-order chi connectivity index (χ1) is 2.00. The monoisotopic (exact) mass is 179 g/mol. The molecular formula is H3FMnNaO3P. The van der Waals surface area contributed by atoms with Crippen LogP contribution in [0.2, 0.25) is 0 Å². The van der Waals surface area contributed by atoms with Crippen molar-refractivity contribution in [3.8, 4) is 0 Å². The van der Waals surface area contributed by atoms with Crippen LogP contribution in [0, 0.1) is 0 Å². The number of rotatable bonds is 0. The Balaban J connectivity index is -0.0000000800. The van der Waals surface area contributed by atoms with E-state index in [1.54, 1.807) is 0 Å². The van der Waals surface area contributed by atoms with Crippen LogP contribution in [0.5, 0.6) is 0 Å². The third-order valence-corrected chi connectivity index (χ3v) is 0. The molecule has 0 unspecified atom stereocenters. The van der Waals surface area contributed by atoms with Gasteiger partial charge in [0.25, 0.3) is 0 Å². The van der Waals surface area contributed by atoms with Crippen LogP contribution >= 0.6 is 7.91 Å². The summed E-state index contributed by atoms with van der Waals surface area (Å²) >= 11 is 0. The van der Waals surface area contributed by atoms with Crippen LogP contribution in [0.15, 0.2) is 0 Å². The first-order valence-electron chi connectivity index (χ1n) is 0.752. The summed E-state index contributed by atoms with van der Waals surface area (Å²) in [5, 5.41) is 0. The summed E-state index contributed by atoms with van der Waals surface area (Å²) in [5.74, 6) is 0. The SMILES string of the molecule is O=P(O)(O)F.[Mn].[NaH]. The number of halogens is 1. The van der Waals surface area contributed by atoms with E-state index in [2.05, 4.69) is 0 Å². The Bertz CT molecular complexity index is 61.1. The van der Waals surface area contributed by atoms with Gasteiger partial charge in [-0.25, -0.2) is 4.57 Å². The molecule has 0 saturated heterocycles. The maximum atomic E-state index is 10.4.